The molecule has 0 spiro atoms. The van der Waals surface area contributed by atoms with Crippen LogP contribution in [0.15, 0.2) is 48.5 Å². The average molecular weight is 437 g/mol. The number of hydrogen-bond donors (Lipinski definition) is 4. The van der Waals surface area contributed by atoms with Crippen LogP contribution in [-0.4, -0.2) is 48.2 Å². The van der Waals surface area contributed by atoms with Gasteiger partial charge in [-0.2, -0.15) is 0 Å². The van der Waals surface area contributed by atoms with Crippen molar-refractivity contribution in [2.45, 2.75) is 32.0 Å². The summed E-state index contributed by atoms with van der Waals surface area (Å²) in [4.78, 5) is 23.9. The molecule has 2 atom stereocenters. The molecule has 0 aliphatic carbocycles. The number of rotatable bonds is 9. The van der Waals surface area contributed by atoms with Crippen molar-refractivity contribution in [3.05, 3.63) is 59.7 Å². The van der Waals surface area contributed by atoms with Gasteiger partial charge in [0, 0.05) is 11.9 Å². The first-order chi connectivity index (χ1) is 13.8. The molecule has 0 saturated heterocycles. The molecular weight excluding hydrogens is 410 g/mol. The number of carbonyl (C=O) groups is 2. The minimum absolute atomic E-state index is 0. The van der Waals surface area contributed by atoms with Crippen LogP contribution < -0.4 is 21.3 Å². The lowest BCUT2D eigenvalue weighted by molar-refractivity contribution is -0.145. The normalized spacial score (nSPS) is 12.2. The molecule has 0 radical (unpaired) electrons. The lowest BCUT2D eigenvalue weighted by Crippen LogP contribution is -2.48. The molecule has 0 fully saturated rings. The number of halogens is 1. The van der Waals surface area contributed by atoms with Crippen molar-refractivity contribution < 1.29 is 29.1 Å². The average Bonchev–Trinajstić information content (AvgIpc) is 2.72. The van der Waals surface area contributed by atoms with Gasteiger partial charge >= 0.3 is 13.1 Å². The molecular formula is C20H26BClN2O6. The van der Waals surface area contributed by atoms with Crippen LogP contribution in [0.2, 0.25) is 0 Å². The minimum atomic E-state index is -1.77. The number of nitrogens with two attached hydrogens (primary N) is 1. The van der Waals surface area contributed by atoms with E-state index in [9.17, 15) is 19.6 Å². The molecule has 30 heavy (non-hydrogen) atoms. The highest BCUT2D eigenvalue weighted by atomic mass is 35.5. The zero-order valence-corrected chi connectivity index (χ0v) is 17.6. The van der Waals surface area contributed by atoms with Crippen molar-refractivity contribution in [2.75, 3.05) is 7.11 Å². The van der Waals surface area contributed by atoms with E-state index in [2.05, 4.69) is 5.32 Å². The number of esters is 1. The summed E-state index contributed by atoms with van der Waals surface area (Å²) in [6, 6.07) is 12.5. The van der Waals surface area contributed by atoms with Crippen LogP contribution in [0.3, 0.4) is 0 Å². The molecule has 10 heteroatoms. The van der Waals surface area contributed by atoms with E-state index in [1.165, 1.54) is 20.1 Å². The Morgan fingerprint density at radius 1 is 1.13 bits per heavy atom. The summed E-state index contributed by atoms with van der Waals surface area (Å²) < 4.78 is 10.4. The summed E-state index contributed by atoms with van der Waals surface area (Å²) in [7, 11) is -0.549. The van der Waals surface area contributed by atoms with Crippen LogP contribution in [-0.2, 0) is 27.4 Å². The molecule has 0 aliphatic rings. The zero-order valence-electron chi connectivity index (χ0n) is 16.8. The molecule has 0 aromatic heterocycles. The Morgan fingerprint density at radius 3 is 2.37 bits per heavy atom. The van der Waals surface area contributed by atoms with E-state index < -0.39 is 31.1 Å². The third-order valence-electron chi connectivity index (χ3n) is 4.25. The molecule has 0 saturated carbocycles. The summed E-state index contributed by atoms with van der Waals surface area (Å²) in [6.07, 6.45) is 0.0871. The predicted octanol–water partition coefficient (Wildman–Crippen LogP) is -0.0853. The van der Waals surface area contributed by atoms with E-state index in [1.807, 2.05) is 30.3 Å². The predicted molar refractivity (Wildman–Crippen MR) is 116 cm³/mol. The largest absolute Gasteiger partial charge is 0.492 e. The minimum Gasteiger partial charge on any atom is -0.489 e. The van der Waals surface area contributed by atoms with Crippen molar-refractivity contribution in [1.29, 1.82) is 0 Å². The van der Waals surface area contributed by atoms with Gasteiger partial charge in [0.1, 0.15) is 18.4 Å². The van der Waals surface area contributed by atoms with Crippen LogP contribution in [0.5, 0.6) is 5.75 Å². The topological polar surface area (TPSA) is 131 Å². The SMILES string of the molecule is COC(=O)C(Cc1ccc(OCc2ccccc2)c(B(O)O)c1)NC(=O)C(C)N.Cl. The fourth-order valence-corrected chi connectivity index (χ4v) is 2.67. The molecule has 2 rings (SSSR count). The van der Waals surface area contributed by atoms with Gasteiger partial charge in [-0.05, 0) is 24.1 Å². The highest BCUT2D eigenvalue weighted by Crippen LogP contribution is 2.15. The molecule has 2 aromatic rings. The molecule has 0 bridgehead atoms. The van der Waals surface area contributed by atoms with Gasteiger partial charge in [0.15, 0.2) is 0 Å². The van der Waals surface area contributed by atoms with Crippen LogP contribution in [0, 0.1) is 0 Å². The molecule has 162 valence electrons. The van der Waals surface area contributed by atoms with Crippen molar-refractivity contribution in [2.24, 2.45) is 5.73 Å². The molecule has 1 amide bonds. The zero-order chi connectivity index (χ0) is 21.4. The fourth-order valence-electron chi connectivity index (χ4n) is 2.67. The van der Waals surface area contributed by atoms with Gasteiger partial charge in [0.2, 0.25) is 5.91 Å². The first-order valence-corrected chi connectivity index (χ1v) is 9.11. The monoisotopic (exact) mass is 436 g/mol. The second-order valence-corrected chi connectivity index (χ2v) is 6.60. The number of hydrogen-bond acceptors (Lipinski definition) is 7. The van der Waals surface area contributed by atoms with Crippen molar-refractivity contribution >= 4 is 36.9 Å². The third kappa shape index (κ3) is 7.35. The Balaban J connectivity index is 0.00000450. The van der Waals surface area contributed by atoms with Crippen LogP contribution >= 0.6 is 12.4 Å². The maximum atomic E-state index is 12.0. The molecule has 8 nitrogen and oxygen atoms in total. The van der Waals surface area contributed by atoms with E-state index in [0.717, 1.165) is 5.56 Å². The Hall–Kier alpha value is -2.59. The van der Waals surface area contributed by atoms with Crippen LogP contribution in [0.25, 0.3) is 0 Å². The third-order valence-corrected chi connectivity index (χ3v) is 4.25. The second-order valence-electron chi connectivity index (χ2n) is 6.60. The Kier molecular flexibility index (Phi) is 10.3. The van der Waals surface area contributed by atoms with Crippen LogP contribution in [0.1, 0.15) is 18.1 Å². The smallest absolute Gasteiger partial charge is 0.489 e. The van der Waals surface area contributed by atoms with E-state index >= 15 is 0 Å². The van der Waals surface area contributed by atoms with E-state index in [1.54, 1.807) is 12.1 Å². The van der Waals surface area contributed by atoms with E-state index in [4.69, 9.17) is 15.2 Å². The van der Waals surface area contributed by atoms with Gasteiger partial charge in [-0.25, -0.2) is 4.79 Å². The van der Waals surface area contributed by atoms with E-state index in [0.29, 0.717) is 11.3 Å². The van der Waals surface area contributed by atoms with Crippen molar-refractivity contribution in [3.63, 3.8) is 0 Å². The number of methoxy groups -OCH3 is 1. The standard InChI is InChI=1S/C20H25BN2O6.ClH/c1-13(22)19(24)23-17(20(25)28-2)11-15-8-9-18(16(10-15)21(26)27)29-12-14-6-4-3-5-7-14;/h3-10,13,17,26-27H,11-12,22H2,1-2H3,(H,23,24);1H. The Bertz CT molecular complexity index is 835. The summed E-state index contributed by atoms with van der Waals surface area (Å²) in [5, 5.41) is 22.0. The van der Waals surface area contributed by atoms with E-state index in [-0.39, 0.29) is 30.9 Å². The summed E-state index contributed by atoms with van der Waals surface area (Å²) in [5.74, 6) is -0.818. The molecule has 2 unspecified atom stereocenters. The number of carbonyl (C=O) groups excluding carboxylic acids is 2. The first kappa shape index (κ1) is 25.5. The van der Waals surface area contributed by atoms with Crippen LogP contribution in [0.4, 0.5) is 0 Å². The van der Waals surface area contributed by atoms with Crippen molar-refractivity contribution in [1.82, 2.24) is 5.32 Å². The molecule has 2 aromatic carbocycles. The van der Waals surface area contributed by atoms with Gasteiger partial charge in [0.05, 0.1) is 13.2 Å². The summed E-state index contributed by atoms with van der Waals surface area (Å²) in [5.41, 5.74) is 7.20. The van der Waals surface area contributed by atoms with Gasteiger partial charge in [-0.15, -0.1) is 12.4 Å². The lowest BCUT2D eigenvalue weighted by atomic mass is 9.78. The number of benzene rings is 2. The number of amides is 1. The maximum absolute atomic E-state index is 12.0. The number of nitrogens with one attached hydrogen (secondary N) is 1. The fraction of sp³-hybridized carbons (Fsp3) is 0.300. The van der Waals surface area contributed by atoms with Gasteiger partial charge in [0.25, 0.3) is 0 Å². The Morgan fingerprint density at radius 2 is 1.80 bits per heavy atom. The molecule has 5 N–H and O–H groups in total. The molecule has 0 heterocycles. The van der Waals surface area contributed by atoms with Crippen molar-refractivity contribution in [3.8, 4) is 5.75 Å². The highest BCUT2D eigenvalue weighted by molar-refractivity contribution is 6.59. The lowest BCUT2D eigenvalue weighted by Gasteiger charge is -2.19. The maximum Gasteiger partial charge on any atom is 0.492 e. The summed E-state index contributed by atoms with van der Waals surface area (Å²) in [6.45, 7) is 1.76. The van der Waals surface area contributed by atoms with Gasteiger partial charge in [-0.1, -0.05) is 42.5 Å². The van der Waals surface area contributed by atoms with Gasteiger partial charge < -0.3 is 30.6 Å². The highest BCUT2D eigenvalue weighted by Gasteiger charge is 2.25. The first-order valence-electron chi connectivity index (χ1n) is 9.11. The molecule has 0 aliphatic heterocycles. The Labute approximate surface area is 181 Å². The summed E-state index contributed by atoms with van der Waals surface area (Å²) >= 11 is 0. The second kappa shape index (κ2) is 12.2. The quantitative estimate of drug-likeness (QED) is 0.319. The van der Waals surface area contributed by atoms with Gasteiger partial charge in [-0.3, -0.25) is 4.79 Å². The number of ether oxygens (including phenoxy) is 2.